The lowest BCUT2D eigenvalue weighted by Crippen LogP contribution is -2.27. The van der Waals surface area contributed by atoms with E-state index in [9.17, 15) is 16.8 Å². The molecule has 0 amide bonds. The molecule has 3 rings (SSSR count). The molecule has 146 valence electrons. The van der Waals surface area contributed by atoms with E-state index in [2.05, 4.69) is 4.72 Å². The van der Waals surface area contributed by atoms with Crippen molar-refractivity contribution in [2.75, 3.05) is 13.2 Å². The molecule has 3 N–H and O–H groups in total. The van der Waals surface area contributed by atoms with Gasteiger partial charge in [-0.1, -0.05) is 12.1 Å². The molecule has 1 atom stereocenters. The van der Waals surface area contributed by atoms with Gasteiger partial charge in [-0.25, -0.2) is 26.7 Å². The molecule has 1 heterocycles. The fourth-order valence-electron chi connectivity index (χ4n) is 2.63. The van der Waals surface area contributed by atoms with Crippen LogP contribution in [-0.2, 0) is 20.0 Å². The minimum Gasteiger partial charge on any atom is -0.490 e. The van der Waals surface area contributed by atoms with Crippen LogP contribution in [0.15, 0.2) is 52.3 Å². The molecule has 0 saturated heterocycles. The standard InChI is InChI=1S/C17H20N2O6S2/c1-12(13-3-5-14(6-4-13)26(18,20)21)19-27(22,23)15-7-8-16-17(11-15)25-10-2-9-24-16/h3-8,11-12,19H,2,9-10H2,1H3,(H2,18,20,21)/t12-/m1/s1. The van der Waals surface area contributed by atoms with Crippen molar-refractivity contribution in [1.82, 2.24) is 4.72 Å². The fraction of sp³-hybridized carbons (Fsp3) is 0.294. The molecule has 1 aliphatic heterocycles. The number of sulfonamides is 2. The Hall–Kier alpha value is -2.14. The summed E-state index contributed by atoms with van der Waals surface area (Å²) in [5.41, 5.74) is 0.598. The second-order valence-electron chi connectivity index (χ2n) is 6.12. The maximum Gasteiger partial charge on any atom is 0.241 e. The lowest BCUT2D eigenvalue weighted by Gasteiger charge is -2.16. The number of nitrogens with one attached hydrogen (secondary N) is 1. The van der Waals surface area contributed by atoms with E-state index in [1.165, 1.54) is 36.4 Å². The number of rotatable bonds is 5. The molecule has 27 heavy (non-hydrogen) atoms. The number of ether oxygens (including phenoxy) is 2. The van der Waals surface area contributed by atoms with E-state index < -0.39 is 26.1 Å². The summed E-state index contributed by atoms with van der Waals surface area (Å²) in [4.78, 5) is 0.0176. The Labute approximate surface area is 158 Å². The third kappa shape index (κ3) is 4.59. The van der Waals surface area contributed by atoms with Gasteiger partial charge in [-0.2, -0.15) is 0 Å². The zero-order valence-electron chi connectivity index (χ0n) is 14.6. The van der Waals surface area contributed by atoms with E-state index in [-0.39, 0.29) is 9.79 Å². The average Bonchev–Trinajstić information content (AvgIpc) is 2.85. The van der Waals surface area contributed by atoms with Gasteiger partial charge in [-0.05, 0) is 36.8 Å². The van der Waals surface area contributed by atoms with Gasteiger partial charge < -0.3 is 9.47 Å². The number of primary sulfonamides is 1. The molecule has 1 aliphatic rings. The maximum atomic E-state index is 12.7. The third-order valence-electron chi connectivity index (χ3n) is 4.07. The highest BCUT2D eigenvalue weighted by Crippen LogP contribution is 2.32. The quantitative estimate of drug-likeness (QED) is 0.767. The molecule has 2 aromatic carbocycles. The van der Waals surface area contributed by atoms with Crippen LogP contribution < -0.4 is 19.3 Å². The molecule has 0 saturated carbocycles. The van der Waals surface area contributed by atoms with Crippen molar-refractivity contribution in [3.8, 4) is 11.5 Å². The number of fused-ring (bicyclic) bond motifs is 1. The van der Waals surface area contributed by atoms with Crippen LogP contribution in [0.25, 0.3) is 0 Å². The summed E-state index contributed by atoms with van der Waals surface area (Å²) in [6.45, 7) is 2.63. The average molecular weight is 412 g/mol. The third-order valence-corrected chi connectivity index (χ3v) is 6.54. The minimum atomic E-state index is -3.82. The second kappa shape index (κ2) is 7.47. The molecule has 0 aliphatic carbocycles. The van der Waals surface area contributed by atoms with E-state index in [0.717, 1.165) is 6.42 Å². The minimum absolute atomic E-state index is 0.0378. The van der Waals surface area contributed by atoms with Crippen molar-refractivity contribution >= 4 is 20.0 Å². The Bertz CT molecular complexity index is 1030. The Balaban J connectivity index is 1.80. The van der Waals surface area contributed by atoms with Crippen LogP contribution in [0.5, 0.6) is 11.5 Å². The molecule has 0 bridgehead atoms. The largest absolute Gasteiger partial charge is 0.490 e. The lowest BCUT2D eigenvalue weighted by molar-refractivity contribution is 0.297. The Kier molecular flexibility index (Phi) is 5.43. The summed E-state index contributed by atoms with van der Waals surface area (Å²) in [5.74, 6) is 0.901. The second-order valence-corrected chi connectivity index (χ2v) is 9.39. The predicted molar refractivity (Wildman–Crippen MR) is 98.6 cm³/mol. The van der Waals surface area contributed by atoms with Crippen LogP contribution in [-0.4, -0.2) is 30.0 Å². The van der Waals surface area contributed by atoms with E-state index in [1.807, 2.05) is 0 Å². The van der Waals surface area contributed by atoms with Crippen molar-refractivity contribution in [3.63, 3.8) is 0 Å². The summed E-state index contributed by atoms with van der Waals surface area (Å²) in [6.07, 6.45) is 0.723. The van der Waals surface area contributed by atoms with Gasteiger partial charge in [0.15, 0.2) is 11.5 Å². The van der Waals surface area contributed by atoms with Gasteiger partial charge in [0.1, 0.15) is 0 Å². The van der Waals surface area contributed by atoms with Crippen molar-refractivity contribution in [2.24, 2.45) is 5.14 Å². The van der Waals surface area contributed by atoms with E-state index in [1.54, 1.807) is 13.0 Å². The van der Waals surface area contributed by atoms with Gasteiger partial charge in [0.2, 0.25) is 20.0 Å². The number of hydrogen-bond acceptors (Lipinski definition) is 6. The fourth-order valence-corrected chi connectivity index (χ4v) is 4.39. The van der Waals surface area contributed by atoms with Crippen LogP contribution >= 0.6 is 0 Å². The van der Waals surface area contributed by atoms with Crippen LogP contribution in [0.4, 0.5) is 0 Å². The highest BCUT2D eigenvalue weighted by Gasteiger charge is 2.21. The number of benzene rings is 2. The van der Waals surface area contributed by atoms with E-state index >= 15 is 0 Å². The summed E-state index contributed by atoms with van der Waals surface area (Å²) in [7, 11) is -7.62. The summed E-state index contributed by atoms with van der Waals surface area (Å²) < 4.78 is 61.6. The van der Waals surface area contributed by atoms with Crippen LogP contribution in [0, 0.1) is 0 Å². The number of hydrogen-bond donors (Lipinski definition) is 2. The molecule has 10 heteroatoms. The van der Waals surface area contributed by atoms with E-state index in [4.69, 9.17) is 14.6 Å². The summed E-state index contributed by atoms with van der Waals surface area (Å²) in [6, 6.07) is 9.57. The first-order valence-corrected chi connectivity index (χ1v) is 11.2. The highest BCUT2D eigenvalue weighted by molar-refractivity contribution is 7.89. The van der Waals surface area contributed by atoms with E-state index in [0.29, 0.717) is 30.3 Å². The van der Waals surface area contributed by atoms with Gasteiger partial charge in [-0.15, -0.1) is 0 Å². The van der Waals surface area contributed by atoms with Gasteiger partial charge in [-0.3, -0.25) is 0 Å². The Morgan fingerprint density at radius 1 is 0.926 bits per heavy atom. The molecule has 0 aromatic heterocycles. The van der Waals surface area contributed by atoms with Gasteiger partial charge in [0.25, 0.3) is 0 Å². The smallest absolute Gasteiger partial charge is 0.241 e. The zero-order valence-corrected chi connectivity index (χ0v) is 16.2. The topological polar surface area (TPSA) is 125 Å². The highest BCUT2D eigenvalue weighted by atomic mass is 32.2. The van der Waals surface area contributed by atoms with Gasteiger partial charge in [0.05, 0.1) is 23.0 Å². The molecular formula is C17H20N2O6S2. The SMILES string of the molecule is C[C@@H](NS(=O)(=O)c1ccc2c(c1)OCCCO2)c1ccc(S(N)(=O)=O)cc1. The van der Waals surface area contributed by atoms with Crippen molar-refractivity contribution in [2.45, 2.75) is 29.2 Å². The first kappa shape index (κ1) is 19.6. The van der Waals surface area contributed by atoms with Crippen molar-refractivity contribution < 1.29 is 26.3 Å². The predicted octanol–water partition coefficient (Wildman–Crippen LogP) is 1.53. The number of nitrogens with two attached hydrogens (primary N) is 1. The summed E-state index contributed by atoms with van der Waals surface area (Å²) >= 11 is 0. The molecule has 0 fully saturated rings. The molecular weight excluding hydrogens is 392 g/mol. The zero-order chi connectivity index (χ0) is 19.7. The molecule has 0 radical (unpaired) electrons. The van der Waals surface area contributed by atoms with Crippen molar-refractivity contribution in [3.05, 3.63) is 48.0 Å². The molecule has 0 unspecified atom stereocenters. The maximum absolute atomic E-state index is 12.7. The Morgan fingerprint density at radius 3 is 2.15 bits per heavy atom. The monoisotopic (exact) mass is 412 g/mol. The molecule has 2 aromatic rings. The van der Waals surface area contributed by atoms with Crippen LogP contribution in [0.2, 0.25) is 0 Å². The first-order valence-electron chi connectivity index (χ1n) is 8.21. The summed E-state index contributed by atoms with van der Waals surface area (Å²) in [5, 5.41) is 5.07. The van der Waals surface area contributed by atoms with Crippen molar-refractivity contribution in [1.29, 1.82) is 0 Å². The normalized spacial score (nSPS) is 15.8. The molecule has 8 nitrogen and oxygen atoms in total. The van der Waals surface area contributed by atoms with Crippen LogP contribution in [0.1, 0.15) is 24.9 Å². The lowest BCUT2D eigenvalue weighted by atomic mass is 10.1. The molecule has 0 spiro atoms. The van der Waals surface area contributed by atoms with Crippen LogP contribution in [0.3, 0.4) is 0 Å². The van der Waals surface area contributed by atoms with Gasteiger partial charge in [0, 0.05) is 18.5 Å². The first-order chi connectivity index (χ1) is 12.7. The Morgan fingerprint density at radius 2 is 1.52 bits per heavy atom. The van der Waals surface area contributed by atoms with Gasteiger partial charge >= 0.3 is 0 Å².